The van der Waals surface area contributed by atoms with Crippen molar-refractivity contribution in [3.8, 4) is 0 Å². The van der Waals surface area contributed by atoms with Crippen molar-refractivity contribution in [3.05, 3.63) is 65.3 Å². The van der Waals surface area contributed by atoms with Gasteiger partial charge >= 0.3 is 0 Å². The number of amides is 1. The van der Waals surface area contributed by atoms with Gasteiger partial charge in [0.25, 0.3) is 0 Å². The van der Waals surface area contributed by atoms with E-state index in [1.54, 1.807) is 24.9 Å². The van der Waals surface area contributed by atoms with Crippen molar-refractivity contribution in [2.24, 2.45) is 0 Å². The van der Waals surface area contributed by atoms with Gasteiger partial charge in [-0.2, -0.15) is 0 Å². The Labute approximate surface area is 171 Å². The topological polar surface area (TPSA) is 58.1 Å². The van der Waals surface area contributed by atoms with Crippen molar-refractivity contribution in [3.63, 3.8) is 0 Å². The van der Waals surface area contributed by atoms with E-state index in [4.69, 9.17) is 4.98 Å². The van der Waals surface area contributed by atoms with Gasteiger partial charge in [0.15, 0.2) is 0 Å². The molecule has 5 nitrogen and oxygen atoms in total. The van der Waals surface area contributed by atoms with Gasteiger partial charge in [-0.15, -0.1) is 0 Å². The molecule has 1 saturated heterocycles. The Morgan fingerprint density at radius 3 is 2.89 bits per heavy atom. The molecule has 0 saturated carbocycles. The Morgan fingerprint density at radius 2 is 2.18 bits per heavy atom. The highest BCUT2D eigenvalue weighted by molar-refractivity contribution is 8.11. The molecule has 1 N–H and O–H groups in total. The van der Waals surface area contributed by atoms with E-state index in [-0.39, 0.29) is 11.9 Å². The first kappa shape index (κ1) is 20.1. The Hall–Kier alpha value is -2.60. The lowest BCUT2D eigenvalue weighted by Gasteiger charge is -2.25. The number of aromatic nitrogens is 2. The van der Waals surface area contributed by atoms with E-state index >= 15 is 0 Å². The molecule has 3 heterocycles. The number of thioether (sulfide) groups is 1. The number of carbonyl (C=O) groups is 1. The number of allylic oxidation sites excluding steroid dienone is 1. The fourth-order valence-electron chi connectivity index (χ4n) is 3.32. The maximum Gasteiger partial charge on any atom is 0.219 e. The third-order valence-corrected chi connectivity index (χ3v) is 5.90. The average Bonchev–Trinajstić information content (AvgIpc) is 3.16. The Kier molecular flexibility index (Phi) is 6.52. The Balaban J connectivity index is 1.74. The third kappa shape index (κ3) is 4.81. The number of anilines is 2. The summed E-state index contributed by atoms with van der Waals surface area (Å²) in [6, 6.07) is 9.93. The number of nitrogens with one attached hydrogen (secondary N) is 1. The van der Waals surface area contributed by atoms with E-state index in [1.165, 1.54) is 0 Å². The number of carbonyl (C=O) groups excluding carboxylic acids is 1. The summed E-state index contributed by atoms with van der Waals surface area (Å²) in [6.45, 7) is 10.7. The minimum Gasteiger partial charge on any atom is -0.335 e. The van der Waals surface area contributed by atoms with Crippen LogP contribution in [0.1, 0.15) is 37.9 Å². The molecule has 1 fully saturated rings. The quantitative estimate of drug-likeness (QED) is 0.734. The first-order valence-corrected chi connectivity index (χ1v) is 10.3. The minimum absolute atomic E-state index is 0.0928. The van der Waals surface area contributed by atoms with Crippen LogP contribution in [0.3, 0.4) is 0 Å². The van der Waals surface area contributed by atoms with E-state index in [1.807, 2.05) is 55.2 Å². The van der Waals surface area contributed by atoms with E-state index in [9.17, 15) is 4.79 Å². The molecule has 2 aromatic heterocycles. The molecule has 1 amide bonds. The highest BCUT2D eigenvalue weighted by Crippen LogP contribution is 2.38. The molecule has 1 aliphatic rings. The van der Waals surface area contributed by atoms with E-state index in [0.717, 1.165) is 52.1 Å². The molecule has 0 radical (unpaired) electrons. The van der Waals surface area contributed by atoms with E-state index < -0.39 is 0 Å². The number of hydrogen-bond acceptors (Lipinski definition) is 5. The summed E-state index contributed by atoms with van der Waals surface area (Å²) >= 11 is 1.60. The molecule has 146 valence electrons. The summed E-state index contributed by atoms with van der Waals surface area (Å²) < 4.78 is 0. The third-order valence-electron chi connectivity index (χ3n) is 4.71. The molecule has 0 aromatic carbocycles. The molecule has 0 aliphatic carbocycles. The zero-order chi connectivity index (χ0) is 20.1. The molecule has 28 heavy (non-hydrogen) atoms. The highest BCUT2D eigenvalue weighted by atomic mass is 32.2. The normalized spacial score (nSPS) is 16.9. The van der Waals surface area contributed by atoms with Crippen LogP contribution < -0.4 is 5.32 Å². The summed E-state index contributed by atoms with van der Waals surface area (Å²) in [4.78, 5) is 24.9. The van der Waals surface area contributed by atoms with Gasteiger partial charge in [0, 0.05) is 29.5 Å². The van der Waals surface area contributed by atoms with Gasteiger partial charge < -0.3 is 10.2 Å². The molecule has 2 aromatic rings. The van der Waals surface area contributed by atoms with Crippen molar-refractivity contribution >= 4 is 34.2 Å². The predicted molar refractivity (Wildman–Crippen MR) is 117 cm³/mol. The standard InChI is InChI=1S/C22H26N4OS/c1-5-20(28-16(3)19-9-7-13-26(19)17(4)27)18-8-6-10-21(24-18)25-22-14-15(2)11-12-23-22/h5-6,8,10-12,14,19H,3,7,9,13H2,1-2,4H3,(H,23,24,25)/b20-5-. The molecular formula is C22H26N4OS. The van der Waals surface area contributed by atoms with Gasteiger partial charge in [-0.1, -0.05) is 30.5 Å². The lowest BCUT2D eigenvalue weighted by atomic mass is 10.2. The molecule has 0 spiro atoms. The average molecular weight is 395 g/mol. The molecular weight excluding hydrogens is 368 g/mol. The second-order valence-electron chi connectivity index (χ2n) is 6.84. The van der Waals surface area contributed by atoms with Crippen molar-refractivity contribution in [1.29, 1.82) is 0 Å². The Morgan fingerprint density at radius 1 is 1.36 bits per heavy atom. The van der Waals surface area contributed by atoms with Crippen molar-refractivity contribution < 1.29 is 4.79 Å². The molecule has 3 rings (SSSR count). The van der Waals surface area contributed by atoms with Gasteiger partial charge in [-0.05, 0) is 56.5 Å². The zero-order valence-electron chi connectivity index (χ0n) is 16.6. The largest absolute Gasteiger partial charge is 0.335 e. The monoisotopic (exact) mass is 394 g/mol. The molecule has 1 atom stereocenters. The van der Waals surface area contributed by atoms with Gasteiger partial charge in [-0.25, -0.2) is 9.97 Å². The van der Waals surface area contributed by atoms with Gasteiger partial charge in [0.2, 0.25) is 5.91 Å². The van der Waals surface area contributed by atoms with Crippen LogP contribution in [0.5, 0.6) is 0 Å². The van der Waals surface area contributed by atoms with Crippen LogP contribution in [-0.2, 0) is 4.79 Å². The van der Waals surface area contributed by atoms with Crippen LogP contribution in [-0.4, -0.2) is 33.4 Å². The summed E-state index contributed by atoms with van der Waals surface area (Å²) in [5.74, 6) is 1.63. The highest BCUT2D eigenvalue weighted by Gasteiger charge is 2.29. The fraction of sp³-hybridized carbons (Fsp3) is 0.318. The maximum atomic E-state index is 11.9. The second kappa shape index (κ2) is 9.06. The summed E-state index contributed by atoms with van der Waals surface area (Å²) in [6.07, 6.45) is 5.81. The molecule has 1 unspecified atom stereocenters. The van der Waals surface area contributed by atoms with Crippen LogP contribution >= 0.6 is 11.8 Å². The van der Waals surface area contributed by atoms with Crippen molar-refractivity contribution in [2.45, 2.75) is 39.7 Å². The van der Waals surface area contributed by atoms with Gasteiger partial charge in [0.05, 0.1) is 11.7 Å². The number of pyridine rings is 2. The molecule has 6 heteroatoms. The summed E-state index contributed by atoms with van der Waals surface area (Å²) in [5, 5.41) is 3.26. The number of hydrogen-bond donors (Lipinski definition) is 1. The lowest BCUT2D eigenvalue weighted by molar-refractivity contribution is -0.128. The van der Waals surface area contributed by atoms with E-state index in [0.29, 0.717) is 0 Å². The number of aryl methyl sites for hydroxylation is 1. The number of nitrogens with zero attached hydrogens (tertiary/aromatic N) is 3. The van der Waals surface area contributed by atoms with Crippen LogP contribution in [0, 0.1) is 6.92 Å². The summed E-state index contributed by atoms with van der Waals surface area (Å²) in [7, 11) is 0. The SMILES string of the molecule is C=C(S/C(=C\C)c1cccc(Nc2cc(C)ccn2)n1)C1CCCN1C(C)=O. The zero-order valence-corrected chi connectivity index (χ0v) is 17.4. The van der Waals surface area contributed by atoms with Crippen molar-refractivity contribution in [1.82, 2.24) is 14.9 Å². The predicted octanol–water partition coefficient (Wildman–Crippen LogP) is 5.15. The van der Waals surface area contributed by atoms with Crippen molar-refractivity contribution in [2.75, 3.05) is 11.9 Å². The number of likely N-dealkylation sites (tertiary alicyclic amines) is 1. The van der Waals surface area contributed by atoms with Crippen LogP contribution in [0.15, 0.2) is 54.1 Å². The lowest BCUT2D eigenvalue weighted by Crippen LogP contribution is -2.34. The molecule has 0 bridgehead atoms. The second-order valence-corrected chi connectivity index (χ2v) is 8.01. The van der Waals surface area contributed by atoms with Gasteiger partial charge in [0.1, 0.15) is 11.6 Å². The van der Waals surface area contributed by atoms with Crippen LogP contribution in [0.2, 0.25) is 0 Å². The first-order chi connectivity index (χ1) is 13.5. The fourth-order valence-corrected chi connectivity index (χ4v) is 4.32. The Bertz CT molecular complexity index is 909. The van der Waals surface area contributed by atoms with E-state index in [2.05, 4.69) is 16.9 Å². The van der Waals surface area contributed by atoms with Crippen LogP contribution in [0.25, 0.3) is 4.91 Å². The van der Waals surface area contributed by atoms with Gasteiger partial charge in [-0.3, -0.25) is 4.79 Å². The smallest absolute Gasteiger partial charge is 0.219 e. The maximum absolute atomic E-state index is 11.9. The minimum atomic E-state index is 0.0928. The summed E-state index contributed by atoms with van der Waals surface area (Å²) in [5.41, 5.74) is 2.01. The van der Waals surface area contributed by atoms with Crippen LogP contribution in [0.4, 0.5) is 11.6 Å². The molecule has 1 aliphatic heterocycles. The number of rotatable bonds is 6. The first-order valence-electron chi connectivity index (χ1n) is 9.45.